The third-order valence-electron chi connectivity index (χ3n) is 6.24. The van der Waals surface area contributed by atoms with Crippen LogP contribution in [0.15, 0.2) is 48.8 Å². The summed E-state index contributed by atoms with van der Waals surface area (Å²) in [5.41, 5.74) is 3.54. The SMILES string of the molecule is CC(C)CC(=O)N[C@H]1c2ccccc2C2(CCNCC2)[C@@H]1OCc1cccnc1. The molecule has 1 fully saturated rings. The molecule has 0 saturated carbocycles. The van der Waals surface area contributed by atoms with Crippen LogP contribution in [-0.2, 0) is 21.6 Å². The van der Waals surface area contributed by atoms with Crippen molar-refractivity contribution in [3.05, 3.63) is 65.5 Å². The van der Waals surface area contributed by atoms with Crippen molar-refractivity contribution in [3.63, 3.8) is 0 Å². The summed E-state index contributed by atoms with van der Waals surface area (Å²) < 4.78 is 6.60. The van der Waals surface area contributed by atoms with E-state index in [1.54, 1.807) is 6.20 Å². The van der Waals surface area contributed by atoms with Crippen LogP contribution in [0.2, 0.25) is 0 Å². The van der Waals surface area contributed by atoms with Gasteiger partial charge < -0.3 is 15.4 Å². The number of benzene rings is 1. The molecule has 154 valence electrons. The second kappa shape index (κ2) is 8.64. The summed E-state index contributed by atoms with van der Waals surface area (Å²) in [5.74, 6) is 0.426. The van der Waals surface area contributed by atoms with Crippen molar-refractivity contribution >= 4 is 5.91 Å². The minimum Gasteiger partial charge on any atom is -0.370 e. The Morgan fingerprint density at radius 1 is 1.24 bits per heavy atom. The van der Waals surface area contributed by atoms with Gasteiger partial charge in [0.2, 0.25) is 5.91 Å². The molecule has 1 saturated heterocycles. The van der Waals surface area contributed by atoms with E-state index in [-0.39, 0.29) is 23.5 Å². The number of hydrogen-bond donors (Lipinski definition) is 2. The molecule has 2 aliphatic rings. The van der Waals surface area contributed by atoms with Gasteiger partial charge >= 0.3 is 0 Å². The summed E-state index contributed by atoms with van der Waals surface area (Å²) in [6.45, 7) is 6.58. The van der Waals surface area contributed by atoms with Gasteiger partial charge in [-0.15, -0.1) is 0 Å². The fourth-order valence-electron chi connectivity index (χ4n) is 4.97. The van der Waals surface area contributed by atoms with E-state index in [2.05, 4.69) is 53.7 Å². The van der Waals surface area contributed by atoms with Crippen molar-refractivity contribution in [2.45, 2.75) is 57.3 Å². The molecule has 1 aliphatic heterocycles. The van der Waals surface area contributed by atoms with Gasteiger partial charge in [-0.1, -0.05) is 44.2 Å². The molecule has 29 heavy (non-hydrogen) atoms. The van der Waals surface area contributed by atoms with Crippen molar-refractivity contribution < 1.29 is 9.53 Å². The lowest BCUT2D eigenvalue weighted by Crippen LogP contribution is -2.49. The van der Waals surface area contributed by atoms with E-state index in [1.165, 1.54) is 11.1 Å². The molecule has 5 nitrogen and oxygen atoms in total. The summed E-state index contributed by atoms with van der Waals surface area (Å²) >= 11 is 0. The molecule has 2 heterocycles. The first-order valence-electron chi connectivity index (χ1n) is 10.7. The maximum Gasteiger partial charge on any atom is 0.220 e. The predicted octanol–water partition coefficient (Wildman–Crippen LogP) is 3.51. The van der Waals surface area contributed by atoms with Crippen molar-refractivity contribution in [2.75, 3.05) is 13.1 Å². The van der Waals surface area contributed by atoms with Gasteiger partial charge in [0.05, 0.1) is 18.8 Å². The molecule has 2 aromatic rings. The van der Waals surface area contributed by atoms with Crippen molar-refractivity contribution in [1.29, 1.82) is 0 Å². The Labute approximate surface area is 173 Å². The number of nitrogens with one attached hydrogen (secondary N) is 2. The van der Waals surface area contributed by atoms with E-state index in [0.717, 1.165) is 31.5 Å². The van der Waals surface area contributed by atoms with Crippen LogP contribution in [0.5, 0.6) is 0 Å². The number of piperidine rings is 1. The van der Waals surface area contributed by atoms with Crippen molar-refractivity contribution in [2.24, 2.45) is 5.92 Å². The largest absolute Gasteiger partial charge is 0.370 e. The second-order valence-electron chi connectivity index (χ2n) is 8.73. The molecule has 5 heteroatoms. The van der Waals surface area contributed by atoms with Crippen LogP contribution < -0.4 is 10.6 Å². The van der Waals surface area contributed by atoms with Gasteiger partial charge in [0.1, 0.15) is 0 Å². The zero-order valence-corrected chi connectivity index (χ0v) is 17.4. The van der Waals surface area contributed by atoms with Gasteiger partial charge in [0, 0.05) is 24.2 Å². The highest BCUT2D eigenvalue weighted by Crippen LogP contribution is 2.51. The molecule has 0 radical (unpaired) electrons. The smallest absolute Gasteiger partial charge is 0.220 e. The Kier molecular flexibility index (Phi) is 5.97. The van der Waals surface area contributed by atoms with Gasteiger partial charge in [0.15, 0.2) is 0 Å². The molecule has 1 aromatic carbocycles. The molecule has 1 aliphatic carbocycles. The molecule has 4 rings (SSSR count). The second-order valence-corrected chi connectivity index (χ2v) is 8.73. The van der Waals surface area contributed by atoms with Crippen LogP contribution in [0.4, 0.5) is 0 Å². The first-order valence-corrected chi connectivity index (χ1v) is 10.7. The molecule has 1 spiro atoms. The van der Waals surface area contributed by atoms with Crippen LogP contribution >= 0.6 is 0 Å². The summed E-state index contributed by atoms with van der Waals surface area (Å²) in [6, 6.07) is 12.4. The third kappa shape index (κ3) is 4.07. The van der Waals surface area contributed by atoms with Gasteiger partial charge in [0.25, 0.3) is 0 Å². The van der Waals surface area contributed by atoms with Crippen molar-refractivity contribution in [3.8, 4) is 0 Å². The van der Waals surface area contributed by atoms with E-state index >= 15 is 0 Å². The van der Waals surface area contributed by atoms with Crippen LogP contribution in [-0.4, -0.2) is 30.1 Å². The fraction of sp³-hybridized carbons (Fsp3) is 0.500. The minimum atomic E-state index is -0.118. The zero-order chi connectivity index (χ0) is 20.3. The summed E-state index contributed by atoms with van der Waals surface area (Å²) in [7, 11) is 0. The number of hydrogen-bond acceptors (Lipinski definition) is 4. The van der Waals surface area contributed by atoms with Gasteiger partial charge in [-0.3, -0.25) is 9.78 Å². The molecular weight excluding hydrogens is 362 g/mol. The Bertz CT molecular complexity index is 831. The number of nitrogens with zero attached hydrogens (tertiary/aromatic N) is 1. The molecule has 2 N–H and O–H groups in total. The molecular formula is C24H31N3O2. The van der Waals surface area contributed by atoms with Gasteiger partial charge in [-0.25, -0.2) is 0 Å². The number of ether oxygens (including phenoxy) is 1. The van der Waals surface area contributed by atoms with Crippen LogP contribution in [0.3, 0.4) is 0 Å². The Morgan fingerprint density at radius 2 is 2.03 bits per heavy atom. The van der Waals surface area contributed by atoms with Crippen LogP contribution in [0.25, 0.3) is 0 Å². The monoisotopic (exact) mass is 393 g/mol. The number of amides is 1. The molecule has 2 atom stereocenters. The normalized spacial score (nSPS) is 22.6. The number of rotatable bonds is 6. The number of aromatic nitrogens is 1. The lowest BCUT2D eigenvalue weighted by atomic mass is 9.72. The molecule has 1 amide bonds. The first kappa shape index (κ1) is 20.0. The van der Waals surface area contributed by atoms with E-state index in [9.17, 15) is 4.79 Å². The zero-order valence-electron chi connectivity index (χ0n) is 17.4. The van der Waals surface area contributed by atoms with E-state index in [1.807, 2.05) is 18.3 Å². The number of pyridine rings is 1. The lowest BCUT2D eigenvalue weighted by Gasteiger charge is -2.41. The lowest BCUT2D eigenvalue weighted by molar-refractivity contribution is -0.124. The average molecular weight is 394 g/mol. The summed E-state index contributed by atoms with van der Waals surface area (Å²) in [6.07, 6.45) is 6.10. The summed E-state index contributed by atoms with van der Waals surface area (Å²) in [4.78, 5) is 16.9. The molecule has 1 aromatic heterocycles. The van der Waals surface area contributed by atoms with E-state index in [4.69, 9.17) is 4.74 Å². The fourth-order valence-corrected chi connectivity index (χ4v) is 4.97. The van der Waals surface area contributed by atoms with Crippen LogP contribution in [0, 0.1) is 5.92 Å². The highest BCUT2D eigenvalue weighted by molar-refractivity contribution is 5.77. The highest BCUT2D eigenvalue weighted by atomic mass is 16.5. The van der Waals surface area contributed by atoms with E-state index in [0.29, 0.717) is 18.9 Å². The minimum absolute atomic E-state index is 0.0696. The molecule has 0 bridgehead atoms. The average Bonchev–Trinajstić information content (AvgIpc) is 2.96. The quantitative estimate of drug-likeness (QED) is 0.788. The standard InChI is InChI=1S/C24H31N3O2/c1-17(2)14-21(28)27-22-19-7-3-4-8-20(19)24(9-12-25-13-10-24)23(22)29-16-18-6-5-11-26-15-18/h3-8,11,15,17,22-23,25H,9-10,12-14,16H2,1-2H3,(H,27,28)/t22-,23+/m0/s1. The Morgan fingerprint density at radius 3 is 2.76 bits per heavy atom. The Hall–Kier alpha value is -2.24. The first-order chi connectivity index (χ1) is 14.1. The maximum atomic E-state index is 12.7. The number of fused-ring (bicyclic) bond motifs is 2. The topological polar surface area (TPSA) is 63.2 Å². The van der Waals surface area contributed by atoms with Crippen LogP contribution in [0.1, 0.15) is 55.8 Å². The maximum absolute atomic E-state index is 12.7. The van der Waals surface area contributed by atoms with Gasteiger partial charge in [-0.05, 0) is 54.6 Å². The van der Waals surface area contributed by atoms with Crippen molar-refractivity contribution in [1.82, 2.24) is 15.6 Å². The molecule has 0 unspecified atom stereocenters. The highest BCUT2D eigenvalue weighted by Gasteiger charge is 2.53. The van der Waals surface area contributed by atoms with E-state index < -0.39 is 0 Å². The summed E-state index contributed by atoms with van der Waals surface area (Å²) in [5, 5.41) is 6.81. The number of carbonyl (C=O) groups is 1. The van der Waals surface area contributed by atoms with Gasteiger partial charge in [-0.2, -0.15) is 0 Å². The predicted molar refractivity (Wildman–Crippen MR) is 113 cm³/mol. The third-order valence-corrected chi connectivity index (χ3v) is 6.24. The number of carbonyl (C=O) groups excluding carboxylic acids is 1. The Balaban J connectivity index is 1.66.